The van der Waals surface area contributed by atoms with E-state index < -0.39 is 10.0 Å². The Labute approximate surface area is 167 Å². The third kappa shape index (κ3) is 5.25. The number of carbonyl (C=O) groups is 1. The topological polar surface area (TPSA) is 78.5 Å². The minimum Gasteiger partial charge on any atom is -0.325 e. The van der Waals surface area contributed by atoms with E-state index in [1.54, 1.807) is 29.2 Å². The van der Waals surface area contributed by atoms with Crippen LogP contribution >= 0.6 is 0 Å². The van der Waals surface area contributed by atoms with Crippen molar-refractivity contribution in [3.05, 3.63) is 54.1 Å². The van der Waals surface area contributed by atoms with Crippen molar-refractivity contribution >= 4 is 27.4 Å². The number of hydrogen-bond acceptors (Lipinski definition) is 3. The molecule has 1 saturated heterocycles. The van der Waals surface area contributed by atoms with E-state index in [0.29, 0.717) is 11.4 Å². The quantitative estimate of drug-likeness (QED) is 0.719. The van der Waals surface area contributed by atoms with Crippen LogP contribution in [0.15, 0.2) is 53.4 Å². The van der Waals surface area contributed by atoms with Crippen molar-refractivity contribution in [2.45, 2.75) is 43.9 Å². The Morgan fingerprint density at radius 1 is 0.964 bits per heavy atom. The van der Waals surface area contributed by atoms with Crippen LogP contribution in [0.1, 0.15) is 38.2 Å². The van der Waals surface area contributed by atoms with Gasteiger partial charge in [-0.1, -0.05) is 25.5 Å². The maximum Gasteiger partial charge on any atom is 0.321 e. The molecule has 3 rings (SSSR count). The molecule has 7 heteroatoms. The van der Waals surface area contributed by atoms with E-state index in [1.165, 1.54) is 17.7 Å². The second-order valence-corrected chi connectivity index (χ2v) is 8.74. The van der Waals surface area contributed by atoms with E-state index in [4.69, 9.17) is 0 Å². The van der Waals surface area contributed by atoms with Gasteiger partial charge in [-0.3, -0.25) is 4.72 Å². The molecule has 2 amide bonds. The maximum absolute atomic E-state index is 12.6. The molecule has 2 aromatic rings. The van der Waals surface area contributed by atoms with Gasteiger partial charge >= 0.3 is 6.03 Å². The summed E-state index contributed by atoms with van der Waals surface area (Å²) in [5.74, 6) is 0. The van der Waals surface area contributed by atoms with E-state index in [2.05, 4.69) is 17.0 Å². The third-order valence-electron chi connectivity index (χ3n) is 4.83. The SMILES string of the molecule is CCCCc1ccc(NS(=O)(=O)c2ccc(NC(=O)N3CCCC3)cc2)cc1. The molecule has 1 aliphatic heterocycles. The van der Waals surface area contributed by atoms with Crippen LogP contribution in [0.4, 0.5) is 16.2 Å². The monoisotopic (exact) mass is 401 g/mol. The third-order valence-corrected chi connectivity index (χ3v) is 6.23. The van der Waals surface area contributed by atoms with Crippen molar-refractivity contribution in [1.29, 1.82) is 0 Å². The molecular formula is C21H27N3O3S. The summed E-state index contributed by atoms with van der Waals surface area (Å²) >= 11 is 0. The van der Waals surface area contributed by atoms with Gasteiger partial charge in [0.25, 0.3) is 10.0 Å². The Morgan fingerprint density at radius 2 is 1.57 bits per heavy atom. The molecule has 0 spiro atoms. The Bertz CT molecular complexity index is 887. The molecule has 0 unspecified atom stereocenters. The molecule has 28 heavy (non-hydrogen) atoms. The lowest BCUT2D eigenvalue weighted by Crippen LogP contribution is -2.32. The number of nitrogens with one attached hydrogen (secondary N) is 2. The first-order valence-corrected chi connectivity index (χ1v) is 11.2. The average Bonchev–Trinajstić information content (AvgIpc) is 3.23. The summed E-state index contributed by atoms with van der Waals surface area (Å²) in [7, 11) is -3.68. The fraction of sp³-hybridized carbons (Fsp3) is 0.381. The largest absolute Gasteiger partial charge is 0.325 e. The molecule has 0 aromatic heterocycles. The van der Waals surface area contributed by atoms with Gasteiger partial charge in [0.2, 0.25) is 0 Å². The standard InChI is InChI=1S/C21H27N3O3S/c1-2-3-6-17-7-9-19(10-8-17)23-28(26,27)20-13-11-18(12-14-20)22-21(25)24-15-4-5-16-24/h7-14,23H,2-6,15-16H2,1H3,(H,22,25). The molecule has 1 aliphatic rings. The highest BCUT2D eigenvalue weighted by Gasteiger charge is 2.18. The summed E-state index contributed by atoms with van der Waals surface area (Å²) in [6.45, 7) is 3.67. The second-order valence-electron chi connectivity index (χ2n) is 7.05. The minimum atomic E-state index is -3.68. The smallest absolute Gasteiger partial charge is 0.321 e. The van der Waals surface area contributed by atoms with Crippen molar-refractivity contribution in [3.8, 4) is 0 Å². The normalized spacial score (nSPS) is 14.1. The van der Waals surface area contributed by atoms with Crippen LogP contribution in [0.2, 0.25) is 0 Å². The van der Waals surface area contributed by atoms with E-state index in [1.807, 2.05) is 12.1 Å². The van der Waals surface area contributed by atoms with Gasteiger partial charge in [-0.2, -0.15) is 0 Å². The molecule has 0 saturated carbocycles. The lowest BCUT2D eigenvalue weighted by molar-refractivity contribution is 0.222. The molecule has 2 aromatic carbocycles. The zero-order valence-corrected chi connectivity index (χ0v) is 17.0. The van der Waals surface area contributed by atoms with Crippen molar-refractivity contribution in [1.82, 2.24) is 4.90 Å². The molecule has 0 bridgehead atoms. The van der Waals surface area contributed by atoms with Crippen molar-refractivity contribution in [2.24, 2.45) is 0 Å². The summed E-state index contributed by atoms with van der Waals surface area (Å²) in [6.07, 6.45) is 5.29. The molecule has 6 nitrogen and oxygen atoms in total. The van der Waals surface area contributed by atoms with E-state index in [9.17, 15) is 13.2 Å². The van der Waals surface area contributed by atoms with E-state index in [-0.39, 0.29) is 10.9 Å². The highest BCUT2D eigenvalue weighted by molar-refractivity contribution is 7.92. The first-order valence-electron chi connectivity index (χ1n) is 9.76. The van der Waals surface area contributed by atoms with Crippen LogP contribution in [-0.4, -0.2) is 32.4 Å². The zero-order chi connectivity index (χ0) is 20.0. The van der Waals surface area contributed by atoms with Gasteiger partial charge in [-0.25, -0.2) is 13.2 Å². The first kappa shape index (κ1) is 20.2. The van der Waals surface area contributed by atoms with Crippen molar-refractivity contribution in [3.63, 3.8) is 0 Å². The Kier molecular flexibility index (Phi) is 6.57. The molecule has 0 atom stereocenters. The van der Waals surface area contributed by atoms with Gasteiger partial charge < -0.3 is 10.2 Å². The van der Waals surface area contributed by atoms with Gasteiger partial charge in [0, 0.05) is 24.5 Å². The number of urea groups is 1. The van der Waals surface area contributed by atoms with Crippen LogP contribution in [0.3, 0.4) is 0 Å². The first-order chi connectivity index (χ1) is 13.5. The summed E-state index contributed by atoms with van der Waals surface area (Å²) in [5, 5.41) is 2.81. The number of unbranched alkanes of at least 4 members (excludes halogenated alkanes) is 1. The van der Waals surface area contributed by atoms with Gasteiger partial charge in [0.15, 0.2) is 0 Å². The van der Waals surface area contributed by atoms with E-state index in [0.717, 1.165) is 45.2 Å². The van der Waals surface area contributed by atoms with Crippen LogP contribution in [0.5, 0.6) is 0 Å². The molecule has 1 heterocycles. The number of nitrogens with zero attached hydrogens (tertiary/aromatic N) is 1. The number of amides is 2. The highest BCUT2D eigenvalue weighted by Crippen LogP contribution is 2.20. The second kappa shape index (κ2) is 9.10. The minimum absolute atomic E-state index is 0.144. The summed E-state index contributed by atoms with van der Waals surface area (Å²) < 4.78 is 27.8. The predicted molar refractivity (Wildman–Crippen MR) is 112 cm³/mol. The predicted octanol–water partition coefficient (Wildman–Crippen LogP) is 4.46. The fourth-order valence-corrected chi connectivity index (χ4v) is 4.23. The number of anilines is 2. The number of likely N-dealkylation sites (tertiary alicyclic amines) is 1. The molecule has 0 aliphatic carbocycles. The maximum atomic E-state index is 12.6. The number of carbonyl (C=O) groups excluding carboxylic acids is 1. The van der Waals surface area contributed by atoms with Crippen molar-refractivity contribution < 1.29 is 13.2 Å². The van der Waals surface area contributed by atoms with E-state index >= 15 is 0 Å². The zero-order valence-electron chi connectivity index (χ0n) is 16.1. The fourth-order valence-electron chi connectivity index (χ4n) is 3.17. The molecular weight excluding hydrogens is 374 g/mol. The lowest BCUT2D eigenvalue weighted by Gasteiger charge is -2.16. The van der Waals surface area contributed by atoms with Gasteiger partial charge in [0.1, 0.15) is 0 Å². The van der Waals surface area contributed by atoms with Crippen LogP contribution in [0, 0.1) is 0 Å². The summed E-state index contributed by atoms with van der Waals surface area (Å²) in [5.41, 5.74) is 2.31. The molecule has 1 fully saturated rings. The Hall–Kier alpha value is -2.54. The number of benzene rings is 2. The highest BCUT2D eigenvalue weighted by atomic mass is 32.2. The van der Waals surface area contributed by atoms with Gasteiger partial charge in [-0.05, 0) is 67.6 Å². The van der Waals surface area contributed by atoms with Gasteiger partial charge in [0.05, 0.1) is 4.90 Å². The van der Waals surface area contributed by atoms with Crippen molar-refractivity contribution in [2.75, 3.05) is 23.1 Å². The number of rotatable bonds is 7. The molecule has 2 N–H and O–H groups in total. The number of sulfonamides is 1. The summed E-state index contributed by atoms with van der Waals surface area (Å²) in [4.78, 5) is 14.0. The van der Waals surface area contributed by atoms with Crippen LogP contribution in [-0.2, 0) is 16.4 Å². The molecule has 0 radical (unpaired) electrons. The Morgan fingerprint density at radius 3 is 2.18 bits per heavy atom. The van der Waals surface area contributed by atoms with Gasteiger partial charge in [-0.15, -0.1) is 0 Å². The number of hydrogen-bond donors (Lipinski definition) is 2. The summed E-state index contributed by atoms with van der Waals surface area (Å²) in [6, 6.07) is 13.5. The van der Waals surface area contributed by atoms with Crippen LogP contribution in [0.25, 0.3) is 0 Å². The number of aryl methyl sites for hydroxylation is 1. The van der Waals surface area contributed by atoms with Crippen LogP contribution < -0.4 is 10.0 Å². The average molecular weight is 402 g/mol. The lowest BCUT2D eigenvalue weighted by atomic mass is 10.1. The Balaban J connectivity index is 1.62. The molecule has 150 valence electrons.